The number of benzene rings is 5. The molecule has 1 saturated heterocycles. The highest BCUT2D eigenvalue weighted by molar-refractivity contribution is 6.99. The van der Waals surface area contributed by atoms with Crippen molar-refractivity contribution in [3.63, 3.8) is 0 Å². The second kappa shape index (κ2) is 22.8. The Balaban J connectivity index is 1.21. The minimum absolute atomic E-state index is 0.146. The quantitative estimate of drug-likeness (QED) is 0.0430. The van der Waals surface area contributed by atoms with E-state index in [9.17, 15) is 15.0 Å². The number of aliphatic hydroxyl groups excluding tert-OH is 1. The van der Waals surface area contributed by atoms with E-state index in [1.807, 2.05) is 72.8 Å². The van der Waals surface area contributed by atoms with Crippen LogP contribution in [0.3, 0.4) is 0 Å². The van der Waals surface area contributed by atoms with Gasteiger partial charge in [-0.1, -0.05) is 217 Å². The van der Waals surface area contributed by atoms with E-state index in [-0.39, 0.29) is 35.8 Å². The SMILES string of the molecule is CC(C)(C)[Si](C)(C)OC(CC(=O)O)/C(=C\C/C=C(\Cl)CC[C@@H]1C[C@@H](O)[C@@H](COC(c2ccccc2)(c2ccccc2)c2ccccc2)O1)CO[Si](c1ccccc1)(c1ccccc1)C(C)(C)C. The first-order valence-corrected chi connectivity index (χ1v) is 28.9. The normalized spacial score (nSPS) is 18.2. The molecule has 2 N–H and O–H groups in total. The first-order chi connectivity index (χ1) is 31.9. The summed E-state index contributed by atoms with van der Waals surface area (Å²) in [6.07, 6.45) is 3.81. The zero-order chi connectivity index (χ0) is 48.3. The molecule has 0 aliphatic carbocycles. The van der Waals surface area contributed by atoms with E-state index in [2.05, 4.69) is 146 Å². The molecule has 10 heteroatoms. The molecule has 1 fully saturated rings. The Hall–Kier alpha value is -4.43. The fourth-order valence-corrected chi connectivity index (χ4v) is 15.1. The van der Waals surface area contributed by atoms with Crippen molar-refractivity contribution in [2.24, 2.45) is 0 Å². The van der Waals surface area contributed by atoms with Crippen LogP contribution in [0, 0.1) is 0 Å². The van der Waals surface area contributed by atoms with Crippen LogP contribution in [-0.4, -0.2) is 70.4 Å². The van der Waals surface area contributed by atoms with Gasteiger partial charge in [0.25, 0.3) is 8.32 Å². The van der Waals surface area contributed by atoms with Gasteiger partial charge >= 0.3 is 5.97 Å². The number of rotatable bonds is 21. The van der Waals surface area contributed by atoms with Gasteiger partial charge in [0.15, 0.2) is 8.32 Å². The predicted octanol–water partition coefficient (Wildman–Crippen LogP) is 12.2. The Kier molecular flexibility index (Phi) is 17.7. The summed E-state index contributed by atoms with van der Waals surface area (Å²) in [6, 6.07) is 51.5. The number of aliphatic hydroxyl groups is 1. The van der Waals surface area contributed by atoms with Crippen LogP contribution in [0.2, 0.25) is 23.2 Å². The van der Waals surface area contributed by atoms with Gasteiger partial charge in [-0.05, 0) is 75.1 Å². The summed E-state index contributed by atoms with van der Waals surface area (Å²) in [5.74, 6) is -0.929. The lowest BCUT2D eigenvalue weighted by atomic mass is 9.80. The Morgan fingerprint density at radius 2 is 1.19 bits per heavy atom. The van der Waals surface area contributed by atoms with Crippen LogP contribution in [0.15, 0.2) is 174 Å². The van der Waals surface area contributed by atoms with Gasteiger partial charge < -0.3 is 28.5 Å². The molecule has 1 unspecified atom stereocenters. The molecule has 0 saturated carbocycles. The minimum Gasteiger partial charge on any atom is -0.481 e. The van der Waals surface area contributed by atoms with E-state index >= 15 is 0 Å². The van der Waals surface area contributed by atoms with Gasteiger partial charge in [0.1, 0.15) is 11.7 Å². The summed E-state index contributed by atoms with van der Waals surface area (Å²) in [5.41, 5.74) is 2.83. The van der Waals surface area contributed by atoms with Crippen molar-refractivity contribution in [1.29, 1.82) is 0 Å². The summed E-state index contributed by atoms with van der Waals surface area (Å²) < 4.78 is 27.9. The van der Waals surface area contributed by atoms with Gasteiger partial charge in [-0.3, -0.25) is 4.79 Å². The number of carboxylic acids is 1. The minimum atomic E-state index is -2.98. The molecule has 0 radical (unpaired) electrons. The summed E-state index contributed by atoms with van der Waals surface area (Å²) in [6.45, 7) is 17.9. The molecule has 0 spiro atoms. The molecule has 4 atom stereocenters. The number of aliphatic carboxylic acids is 1. The van der Waals surface area contributed by atoms with Crippen LogP contribution < -0.4 is 10.4 Å². The zero-order valence-electron chi connectivity index (χ0n) is 40.7. The van der Waals surface area contributed by atoms with Gasteiger partial charge in [0.2, 0.25) is 0 Å². The van der Waals surface area contributed by atoms with Gasteiger partial charge in [-0.15, -0.1) is 0 Å². The number of carbonyl (C=O) groups is 1. The van der Waals surface area contributed by atoms with Crippen LogP contribution in [0.25, 0.3) is 0 Å². The monoisotopic (exact) mass is 958 g/mol. The van der Waals surface area contributed by atoms with E-state index in [4.69, 9.17) is 29.9 Å². The number of allylic oxidation sites excluding steroid dienone is 3. The van der Waals surface area contributed by atoms with E-state index in [0.717, 1.165) is 32.6 Å². The first kappa shape index (κ1) is 52.0. The average molecular weight is 960 g/mol. The molecule has 1 aliphatic heterocycles. The Bertz CT molecular complexity index is 2230. The summed E-state index contributed by atoms with van der Waals surface area (Å²) in [5, 5.41) is 24.2. The third-order valence-electron chi connectivity index (χ3n) is 13.6. The lowest BCUT2D eigenvalue weighted by Gasteiger charge is -2.44. The Morgan fingerprint density at radius 1 is 0.731 bits per heavy atom. The molecule has 67 heavy (non-hydrogen) atoms. The van der Waals surface area contributed by atoms with Crippen LogP contribution in [0.1, 0.15) is 90.3 Å². The van der Waals surface area contributed by atoms with E-state index in [0.29, 0.717) is 30.7 Å². The number of hydrogen-bond acceptors (Lipinski definition) is 6. The van der Waals surface area contributed by atoms with Gasteiger partial charge in [0.05, 0.1) is 37.9 Å². The molecule has 5 aromatic rings. The Morgan fingerprint density at radius 3 is 1.63 bits per heavy atom. The maximum Gasteiger partial charge on any atom is 0.306 e. The molecule has 5 aromatic carbocycles. The summed E-state index contributed by atoms with van der Waals surface area (Å²) >= 11 is 6.99. The molecule has 6 rings (SSSR count). The van der Waals surface area contributed by atoms with Gasteiger partial charge in [-0.25, -0.2) is 0 Å². The second-order valence-corrected chi connectivity index (χ2v) is 29.9. The molecular weight excluding hydrogens is 888 g/mol. The summed E-state index contributed by atoms with van der Waals surface area (Å²) in [7, 11) is -5.42. The van der Waals surface area contributed by atoms with E-state index in [1.54, 1.807) is 0 Å². The topological polar surface area (TPSA) is 94.5 Å². The number of carboxylic acid groups (broad SMARTS) is 1. The van der Waals surface area contributed by atoms with Crippen molar-refractivity contribution in [2.45, 2.75) is 127 Å². The third-order valence-corrected chi connectivity index (χ3v) is 23.4. The molecular formula is C57H71ClO7Si2. The maximum atomic E-state index is 12.6. The van der Waals surface area contributed by atoms with Crippen molar-refractivity contribution in [2.75, 3.05) is 13.2 Å². The molecule has 7 nitrogen and oxygen atoms in total. The number of hydrogen-bond donors (Lipinski definition) is 2. The first-order valence-electron chi connectivity index (χ1n) is 23.7. The van der Waals surface area contributed by atoms with Crippen LogP contribution in [0.4, 0.5) is 0 Å². The highest BCUT2D eigenvalue weighted by atomic mass is 35.5. The fourth-order valence-electron chi connectivity index (χ4n) is 9.04. The van der Waals surface area contributed by atoms with Gasteiger partial charge in [-0.2, -0.15) is 0 Å². The second-order valence-electron chi connectivity index (χ2n) is 20.3. The average Bonchev–Trinajstić information content (AvgIpc) is 3.67. The van der Waals surface area contributed by atoms with E-state index < -0.39 is 46.5 Å². The molecule has 1 heterocycles. The highest BCUT2D eigenvalue weighted by Crippen LogP contribution is 2.43. The lowest BCUT2D eigenvalue weighted by Crippen LogP contribution is -2.66. The largest absolute Gasteiger partial charge is 0.481 e. The van der Waals surface area contributed by atoms with Crippen molar-refractivity contribution < 1.29 is 33.3 Å². The van der Waals surface area contributed by atoms with Gasteiger partial charge in [0, 0.05) is 11.5 Å². The molecule has 356 valence electrons. The highest BCUT2D eigenvalue weighted by Gasteiger charge is 2.51. The number of ether oxygens (including phenoxy) is 2. The lowest BCUT2D eigenvalue weighted by molar-refractivity contribution is -0.138. The smallest absolute Gasteiger partial charge is 0.306 e. The van der Waals surface area contributed by atoms with Crippen LogP contribution >= 0.6 is 11.6 Å². The van der Waals surface area contributed by atoms with Crippen LogP contribution in [-0.2, 0) is 28.7 Å². The van der Waals surface area contributed by atoms with Crippen molar-refractivity contribution in [3.8, 4) is 0 Å². The van der Waals surface area contributed by atoms with E-state index in [1.165, 1.54) is 0 Å². The predicted molar refractivity (Wildman–Crippen MR) is 278 cm³/mol. The van der Waals surface area contributed by atoms with Crippen molar-refractivity contribution in [3.05, 3.63) is 191 Å². The van der Waals surface area contributed by atoms with Crippen molar-refractivity contribution in [1.82, 2.24) is 0 Å². The Labute approximate surface area is 407 Å². The maximum absolute atomic E-state index is 12.6. The molecule has 0 aromatic heterocycles. The fraction of sp³-hybridized carbons (Fsp3) is 0.386. The molecule has 0 bridgehead atoms. The third kappa shape index (κ3) is 12.6. The zero-order valence-corrected chi connectivity index (χ0v) is 43.4. The van der Waals surface area contributed by atoms with Crippen LogP contribution in [0.5, 0.6) is 0 Å². The standard InChI is InChI=1S/C57H71ClO7Si2/c1-55(2,3)66(7,8)65-52(40-54(60)61)43(41-63-67(56(4,5)6,49-33-20-12-21-34-49)50-35-22-13-23-36-50)25-24-32-47(58)37-38-48-39-51(59)53(64-48)42-62-57(44-26-14-9-15-27-44,45-28-16-10-17-29-45)46-30-18-11-19-31-46/h9-23,25-36,48,51-53,59H,24,37-42H2,1-8H3,(H,60,61)/b43-25-,47-32-/t48-,51-,52?,53-/m1/s1. The summed E-state index contributed by atoms with van der Waals surface area (Å²) in [4.78, 5) is 12.6. The molecule has 0 amide bonds. The number of halogens is 1. The molecule has 1 aliphatic rings. The van der Waals surface area contributed by atoms with Crippen molar-refractivity contribution >= 4 is 44.6 Å².